The molecular formula is C15H25NO2. The molecule has 0 saturated carbocycles. The molecule has 0 radical (unpaired) electrons. The maximum absolute atomic E-state index is 5.62. The largest absolute Gasteiger partial charge is 0.490 e. The molecule has 1 aromatic carbocycles. The third kappa shape index (κ3) is 4.57. The monoisotopic (exact) mass is 251 g/mol. The van der Waals surface area contributed by atoms with Crippen molar-refractivity contribution in [1.82, 2.24) is 0 Å². The molecule has 3 nitrogen and oxygen atoms in total. The number of ether oxygens (including phenoxy) is 2. The van der Waals surface area contributed by atoms with Crippen LogP contribution in [-0.2, 0) is 6.42 Å². The Balaban J connectivity index is 2.78. The highest BCUT2D eigenvalue weighted by Crippen LogP contribution is 2.29. The van der Waals surface area contributed by atoms with Crippen LogP contribution in [-0.4, -0.2) is 19.8 Å². The summed E-state index contributed by atoms with van der Waals surface area (Å²) < 4.78 is 11.2. The average Bonchev–Trinajstić information content (AvgIpc) is 2.33. The molecule has 18 heavy (non-hydrogen) atoms. The second-order valence-electron chi connectivity index (χ2n) is 4.53. The van der Waals surface area contributed by atoms with Gasteiger partial charge in [-0.25, -0.2) is 0 Å². The fourth-order valence-corrected chi connectivity index (χ4v) is 2.01. The fourth-order valence-electron chi connectivity index (χ4n) is 2.01. The molecule has 1 unspecified atom stereocenters. The van der Waals surface area contributed by atoms with Crippen LogP contribution in [0.5, 0.6) is 11.5 Å². The van der Waals surface area contributed by atoms with E-state index in [0.29, 0.717) is 19.1 Å². The summed E-state index contributed by atoms with van der Waals surface area (Å²) in [5.74, 6) is 2.27. The van der Waals surface area contributed by atoms with Crippen molar-refractivity contribution < 1.29 is 9.47 Å². The molecule has 0 saturated heterocycles. The summed E-state index contributed by atoms with van der Waals surface area (Å²) in [6.45, 7) is 8.25. The van der Waals surface area contributed by atoms with Gasteiger partial charge in [-0.1, -0.05) is 13.0 Å². The highest BCUT2D eigenvalue weighted by atomic mass is 16.5. The van der Waals surface area contributed by atoms with Crippen LogP contribution >= 0.6 is 0 Å². The Morgan fingerprint density at radius 1 is 1.11 bits per heavy atom. The lowest BCUT2D eigenvalue weighted by Gasteiger charge is -2.14. The number of rotatable bonds is 8. The van der Waals surface area contributed by atoms with Gasteiger partial charge in [0.15, 0.2) is 11.5 Å². The minimum atomic E-state index is 0.599. The maximum Gasteiger partial charge on any atom is 0.161 e. The second kappa shape index (κ2) is 7.98. The highest BCUT2D eigenvalue weighted by molar-refractivity contribution is 5.43. The molecule has 0 aliphatic heterocycles. The predicted octanol–water partition coefficient (Wildman–Crippen LogP) is 3.01. The van der Waals surface area contributed by atoms with Crippen molar-refractivity contribution >= 4 is 0 Å². The van der Waals surface area contributed by atoms with Crippen molar-refractivity contribution in [3.8, 4) is 11.5 Å². The van der Waals surface area contributed by atoms with Gasteiger partial charge in [0.25, 0.3) is 0 Å². The van der Waals surface area contributed by atoms with Gasteiger partial charge in [-0.15, -0.1) is 0 Å². The second-order valence-corrected chi connectivity index (χ2v) is 4.53. The van der Waals surface area contributed by atoms with Gasteiger partial charge in [-0.3, -0.25) is 0 Å². The molecule has 1 atom stereocenters. The van der Waals surface area contributed by atoms with Crippen LogP contribution in [0, 0.1) is 5.92 Å². The lowest BCUT2D eigenvalue weighted by Crippen LogP contribution is -2.08. The Morgan fingerprint density at radius 3 is 2.39 bits per heavy atom. The lowest BCUT2D eigenvalue weighted by molar-refractivity contribution is 0.287. The smallest absolute Gasteiger partial charge is 0.161 e. The summed E-state index contributed by atoms with van der Waals surface area (Å²) in [6, 6.07) is 6.20. The van der Waals surface area contributed by atoms with Crippen LogP contribution in [0.1, 0.15) is 32.8 Å². The van der Waals surface area contributed by atoms with Crippen LogP contribution in [0.4, 0.5) is 0 Å². The Bertz CT molecular complexity index is 352. The van der Waals surface area contributed by atoms with Crippen molar-refractivity contribution in [2.45, 2.75) is 33.6 Å². The van der Waals surface area contributed by atoms with Crippen molar-refractivity contribution in [1.29, 1.82) is 0 Å². The number of benzene rings is 1. The van der Waals surface area contributed by atoms with E-state index in [4.69, 9.17) is 15.2 Å². The lowest BCUT2D eigenvalue weighted by atomic mass is 9.98. The summed E-state index contributed by atoms with van der Waals surface area (Å²) >= 11 is 0. The third-order valence-corrected chi connectivity index (χ3v) is 2.85. The Labute approximate surface area is 110 Å². The Hall–Kier alpha value is -1.22. The normalized spacial score (nSPS) is 12.2. The van der Waals surface area contributed by atoms with E-state index in [-0.39, 0.29) is 0 Å². The first-order valence-electron chi connectivity index (χ1n) is 6.79. The minimum absolute atomic E-state index is 0.599. The molecule has 0 aromatic heterocycles. The topological polar surface area (TPSA) is 44.5 Å². The SMILES string of the molecule is CCOc1ccc(CC(C)CCN)cc1OCC. The van der Waals surface area contributed by atoms with E-state index in [9.17, 15) is 0 Å². The van der Waals surface area contributed by atoms with Crippen LogP contribution < -0.4 is 15.2 Å². The molecule has 3 heteroatoms. The maximum atomic E-state index is 5.62. The molecule has 1 aromatic rings. The minimum Gasteiger partial charge on any atom is -0.490 e. The first-order chi connectivity index (χ1) is 8.71. The van der Waals surface area contributed by atoms with Gasteiger partial charge in [0.1, 0.15) is 0 Å². The first kappa shape index (κ1) is 14.8. The molecule has 102 valence electrons. The number of nitrogens with two attached hydrogens (primary N) is 1. The third-order valence-electron chi connectivity index (χ3n) is 2.85. The summed E-state index contributed by atoms with van der Waals surface area (Å²) in [6.07, 6.45) is 2.08. The van der Waals surface area contributed by atoms with Gasteiger partial charge in [-0.05, 0) is 56.8 Å². The molecule has 0 aliphatic rings. The van der Waals surface area contributed by atoms with Crippen molar-refractivity contribution in [2.75, 3.05) is 19.8 Å². The Morgan fingerprint density at radius 2 is 1.78 bits per heavy atom. The van der Waals surface area contributed by atoms with Crippen LogP contribution in [0.2, 0.25) is 0 Å². The van der Waals surface area contributed by atoms with Gasteiger partial charge in [-0.2, -0.15) is 0 Å². The highest BCUT2D eigenvalue weighted by Gasteiger charge is 2.08. The molecule has 0 aliphatic carbocycles. The zero-order valence-electron chi connectivity index (χ0n) is 11.7. The molecule has 0 spiro atoms. The molecule has 0 amide bonds. The van der Waals surface area contributed by atoms with Gasteiger partial charge in [0.05, 0.1) is 13.2 Å². The molecule has 0 heterocycles. The van der Waals surface area contributed by atoms with Gasteiger partial charge in [0.2, 0.25) is 0 Å². The number of hydrogen-bond donors (Lipinski definition) is 1. The number of hydrogen-bond acceptors (Lipinski definition) is 3. The van der Waals surface area contributed by atoms with E-state index in [2.05, 4.69) is 19.1 Å². The van der Waals surface area contributed by atoms with Crippen LogP contribution in [0.3, 0.4) is 0 Å². The zero-order chi connectivity index (χ0) is 13.4. The predicted molar refractivity (Wildman–Crippen MR) is 75.3 cm³/mol. The average molecular weight is 251 g/mol. The summed E-state index contributed by atoms with van der Waals surface area (Å²) in [5.41, 5.74) is 6.86. The molecular weight excluding hydrogens is 226 g/mol. The standard InChI is InChI=1S/C15H25NO2/c1-4-17-14-7-6-13(10-12(3)8-9-16)11-15(14)18-5-2/h6-7,11-12H,4-5,8-10,16H2,1-3H3. The first-order valence-corrected chi connectivity index (χ1v) is 6.79. The van der Waals surface area contributed by atoms with E-state index >= 15 is 0 Å². The van der Waals surface area contributed by atoms with E-state index in [1.807, 2.05) is 19.9 Å². The van der Waals surface area contributed by atoms with Gasteiger partial charge < -0.3 is 15.2 Å². The van der Waals surface area contributed by atoms with Crippen molar-refractivity contribution in [2.24, 2.45) is 11.7 Å². The van der Waals surface area contributed by atoms with E-state index < -0.39 is 0 Å². The molecule has 0 bridgehead atoms. The van der Waals surface area contributed by atoms with Crippen molar-refractivity contribution in [3.63, 3.8) is 0 Å². The Kier molecular flexibility index (Phi) is 6.58. The fraction of sp³-hybridized carbons (Fsp3) is 0.600. The van der Waals surface area contributed by atoms with E-state index in [1.54, 1.807) is 0 Å². The van der Waals surface area contributed by atoms with Crippen LogP contribution in [0.15, 0.2) is 18.2 Å². The summed E-state index contributed by atoms with van der Waals surface area (Å²) in [5, 5.41) is 0. The zero-order valence-corrected chi connectivity index (χ0v) is 11.7. The molecule has 1 rings (SSSR count). The van der Waals surface area contributed by atoms with Gasteiger partial charge >= 0.3 is 0 Å². The summed E-state index contributed by atoms with van der Waals surface area (Å²) in [7, 11) is 0. The molecule has 0 fully saturated rings. The van der Waals surface area contributed by atoms with Gasteiger partial charge in [0, 0.05) is 0 Å². The summed E-state index contributed by atoms with van der Waals surface area (Å²) in [4.78, 5) is 0. The quantitative estimate of drug-likeness (QED) is 0.772. The van der Waals surface area contributed by atoms with Crippen molar-refractivity contribution in [3.05, 3.63) is 23.8 Å². The van der Waals surface area contributed by atoms with E-state index in [0.717, 1.165) is 30.9 Å². The molecule has 2 N–H and O–H groups in total. The van der Waals surface area contributed by atoms with E-state index in [1.165, 1.54) is 5.56 Å². The van der Waals surface area contributed by atoms with Crippen LogP contribution in [0.25, 0.3) is 0 Å².